The number of unbranched alkanes of at least 4 members (excludes halogenated alkanes) is 37. The quantitative estimate of drug-likeness (QED) is 0.0211. The Morgan fingerprint density at radius 3 is 1.12 bits per heavy atom. The fraction of sp³-hybridized carbons (Fsp3) is 0.836. The van der Waals surface area contributed by atoms with Crippen LogP contribution in [0.1, 0.15) is 303 Å². The van der Waals surface area contributed by atoms with Gasteiger partial charge in [0.2, 0.25) is 0 Å². The predicted molar refractivity (Wildman–Crippen MR) is 323 cm³/mol. The lowest BCUT2D eigenvalue weighted by Crippen LogP contribution is -2.40. The van der Waals surface area contributed by atoms with Gasteiger partial charge in [0.1, 0.15) is 13.2 Å². The molecule has 2 unspecified atom stereocenters. The summed E-state index contributed by atoms with van der Waals surface area (Å²) in [6, 6.07) is 0. The molecule has 0 saturated carbocycles. The highest BCUT2D eigenvalue weighted by Gasteiger charge is 2.25. The van der Waals surface area contributed by atoms with E-state index in [1.807, 2.05) is 21.1 Å². The summed E-state index contributed by atoms with van der Waals surface area (Å²) in [5.74, 6) is -2.03. The molecule has 0 aliphatic rings. The number of carbonyl (C=O) groups excluding carboxylic acids is 2. The number of hydrogen-bond donors (Lipinski definition) is 1. The Kier molecular flexibility index (Phi) is 56.3. The molecule has 0 fully saturated rings. The van der Waals surface area contributed by atoms with E-state index in [0.29, 0.717) is 23.9 Å². The van der Waals surface area contributed by atoms with Gasteiger partial charge < -0.3 is 28.5 Å². The fourth-order valence-electron chi connectivity index (χ4n) is 9.42. The van der Waals surface area contributed by atoms with Gasteiger partial charge in [-0.15, -0.1) is 0 Å². The van der Waals surface area contributed by atoms with E-state index >= 15 is 0 Å². The zero-order chi connectivity index (χ0) is 55.5. The third-order valence-corrected chi connectivity index (χ3v) is 14.3. The summed E-state index contributed by atoms with van der Waals surface area (Å²) in [6.45, 7) is 4.77. The van der Waals surface area contributed by atoms with Crippen molar-refractivity contribution in [1.29, 1.82) is 0 Å². The summed E-state index contributed by atoms with van der Waals surface area (Å²) >= 11 is 0. The van der Waals surface area contributed by atoms with Crippen LogP contribution in [-0.2, 0) is 33.3 Å². The largest absolute Gasteiger partial charge is 0.477 e. The number of quaternary nitrogens is 1. The molecule has 0 aromatic carbocycles. The Balaban J connectivity index is 4.03. The summed E-state index contributed by atoms with van der Waals surface area (Å²) in [4.78, 5) is 37.4. The van der Waals surface area contributed by atoms with Crippen LogP contribution in [0.2, 0.25) is 0 Å². The van der Waals surface area contributed by atoms with Crippen molar-refractivity contribution < 1.29 is 42.9 Å². The van der Waals surface area contributed by atoms with Crippen LogP contribution in [0.4, 0.5) is 0 Å². The number of likely N-dealkylation sites (N-methyl/N-ethyl adjacent to an activating group) is 1. The van der Waals surface area contributed by atoms with Gasteiger partial charge >= 0.3 is 17.9 Å². The van der Waals surface area contributed by atoms with Crippen LogP contribution in [0.15, 0.2) is 48.6 Å². The van der Waals surface area contributed by atoms with Crippen molar-refractivity contribution in [1.82, 2.24) is 0 Å². The van der Waals surface area contributed by atoms with Crippen LogP contribution in [0.5, 0.6) is 0 Å². The molecule has 0 rings (SSSR count). The lowest BCUT2D eigenvalue weighted by atomic mass is 10.0. The van der Waals surface area contributed by atoms with E-state index in [1.165, 1.54) is 199 Å². The SMILES string of the molecule is CC/C=C\C/C=C\C/C=C\C/C=C\CCCCCCC(=O)OC(COC(=O)CCCCCCCCCCCCCCCCCCCCCCCCCCCCCCCCCCCC)COC(OCC[N+](C)(C)C)C(=O)O. The van der Waals surface area contributed by atoms with Crippen molar-refractivity contribution in [3.63, 3.8) is 0 Å². The van der Waals surface area contributed by atoms with Crippen LogP contribution < -0.4 is 0 Å². The number of ether oxygens (including phenoxy) is 4. The molecule has 0 aliphatic carbocycles. The minimum atomic E-state index is -1.52. The van der Waals surface area contributed by atoms with E-state index in [-0.39, 0.29) is 32.2 Å². The molecule has 0 amide bonds. The normalized spacial score (nSPS) is 13.0. The zero-order valence-corrected chi connectivity index (χ0v) is 50.7. The lowest BCUT2D eigenvalue weighted by molar-refractivity contribution is -0.870. The number of carbonyl (C=O) groups is 3. The molecule has 0 heterocycles. The van der Waals surface area contributed by atoms with E-state index < -0.39 is 24.3 Å². The summed E-state index contributed by atoms with van der Waals surface area (Å²) in [7, 11) is 5.96. The molecule has 0 bridgehead atoms. The molecule has 76 heavy (non-hydrogen) atoms. The molecule has 9 heteroatoms. The van der Waals surface area contributed by atoms with Gasteiger partial charge in [-0.2, -0.15) is 0 Å². The second kappa shape index (κ2) is 58.4. The number of carboxylic acid groups (broad SMARTS) is 1. The van der Waals surface area contributed by atoms with Gasteiger partial charge in [-0.05, 0) is 51.4 Å². The third kappa shape index (κ3) is 58.9. The molecule has 0 aliphatic heterocycles. The predicted octanol–water partition coefficient (Wildman–Crippen LogP) is 19.4. The monoisotopic (exact) mass is 1070 g/mol. The van der Waals surface area contributed by atoms with E-state index in [9.17, 15) is 19.5 Å². The first-order valence-electron chi connectivity index (χ1n) is 32.3. The van der Waals surface area contributed by atoms with Gasteiger partial charge in [-0.25, -0.2) is 4.79 Å². The second-order valence-corrected chi connectivity index (χ2v) is 23.1. The Morgan fingerprint density at radius 2 is 0.750 bits per heavy atom. The maximum absolute atomic E-state index is 12.9. The molecule has 0 aromatic heterocycles. The Hall–Kier alpha value is -2.75. The first kappa shape index (κ1) is 73.2. The molecule has 0 radical (unpaired) electrons. The van der Waals surface area contributed by atoms with Crippen LogP contribution in [0.3, 0.4) is 0 Å². The number of rotatable bonds is 60. The van der Waals surface area contributed by atoms with Gasteiger partial charge in [0.25, 0.3) is 6.29 Å². The summed E-state index contributed by atoms with van der Waals surface area (Å²) in [5, 5.41) is 9.71. The molecule has 2 atom stereocenters. The summed E-state index contributed by atoms with van der Waals surface area (Å²) in [6.07, 6.45) is 70.9. The average Bonchev–Trinajstić information content (AvgIpc) is 3.39. The summed E-state index contributed by atoms with van der Waals surface area (Å²) < 4.78 is 22.9. The summed E-state index contributed by atoms with van der Waals surface area (Å²) in [5.41, 5.74) is 0. The topological polar surface area (TPSA) is 108 Å². The minimum Gasteiger partial charge on any atom is -0.477 e. The van der Waals surface area contributed by atoms with E-state index in [4.69, 9.17) is 18.9 Å². The molecule has 0 spiro atoms. The average molecular weight is 1070 g/mol. The second-order valence-electron chi connectivity index (χ2n) is 23.1. The van der Waals surface area contributed by atoms with Crippen molar-refractivity contribution in [2.75, 3.05) is 47.5 Å². The Bertz CT molecular complexity index is 1380. The highest BCUT2D eigenvalue weighted by atomic mass is 16.7. The highest BCUT2D eigenvalue weighted by molar-refractivity contribution is 5.71. The molecule has 0 aromatic rings. The van der Waals surface area contributed by atoms with E-state index in [1.54, 1.807) is 0 Å². The molecule has 9 nitrogen and oxygen atoms in total. The van der Waals surface area contributed by atoms with Gasteiger partial charge in [-0.1, -0.05) is 287 Å². The maximum Gasteiger partial charge on any atom is 0.361 e. The van der Waals surface area contributed by atoms with Crippen molar-refractivity contribution in [3.8, 4) is 0 Å². The van der Waals surface area contributed by atoms with Gasteiger partial charge in [-0.3, -0.25) is 9.59 Å². The number of esters is 2. The van der Waals surface area contributed by atoms with Crippen LogP contribution in [0, 0.1) is 0 Å². The lowest BCUT2D eigenvalue weighted by Gasteiger charge is -2.25. The maximum atomic E-state index is 12.9. The van der Waals surface area contributed by atoms with E-state index in [2.05, 4.69) is 62.5 Å². The van der Waals surface area contributed by atoms with Gasteiger partial charge in [0.15, 0.2) is 6.10 Å². The number of carboxylic acids is 1. The zero-order valence-electron chi connectivity index (χ0n) is 50.7. The number of nitrogens with zero attached hydrogens (tertiary/aromatic N) is 1. The highest BCUT2D eigenvalue weighted by Crippen LogP contribution is 2.18. The Labute approximate surface area is 470 Å². The standard InChI is InChI=1S/C67H123NO8/c1-6-8-10-12-14-16-18-20-22-24-25-26-27-28-29-30-31-32-33-34-35-36-37-38-39-40-42-43-45-47-49-51-53-55-57-64(69)74-61-63(62-75-67(66(71)72)73-60-59-68(3,4)5)76-65(70)58-56-54-52-50-48-46-44-41-23-21-19-17-15-13-11-9-7-2/h9,11,15,17,21,23,44,46,63,67H,6-8,10,12-14,16,18-20,22,24-43,45,47-62H2,1-5H3/p+1/b11-9-,17-15-,23-21-,46-44-. The molecule has 1 N–H and O–H groups in total. The fourth-order valence-corrected chi connectivity index (χ4v) is 9.42. The van der Waals surface area contributed by atoms with Crippen molar-refractivity contribution in [2.45, 2.75) is 315 Å². The van der Waals surface area contributed by atoms with Gasteiger partial charge in [0, 0.05) is 12.8 Å². The molecule has 444 valence electrons. The number of aliphatic carboxylic acids is 1. The van der Waals surface area contributed by atoms with Crippen LogP contribution in [0.25, 0.3) is 0 Å². The van der Waals surface area contributed by atoms with Crippen LogP contribution in [-0.4, -0.2) is 87.4 Å². The van der Waals surface area contributed by atoms with E-state index in [0.717, 1.165) is 70.6 Å². The first-order valence-corrected chi connectivity index (χ1v) is 32.3. The third-order valence-electron chi connectivity index (χ3n) is 14.3. The first-order chi connectivity index (χ1) is 37.1. The van der Waals surface area contributed by atoms with Gasteiger partial charge in [0.05, 0.1) is 34.4 Å². The van der Waals surface area contributed by atoms with Crippen molar-refractivity contribution in [3.05, 3.63) is 48.6 Å². The molecular weight excluding hydrogens is 947 g/mol. The molecule has 0 saturated heterocycles. The van der Waals surface area contributed by atoms with Crippen molar-refractivity contribution in [2.24, 2.45) is 0 Å². The Morgan fingerprint density at radius 1 is 0.408 bits per heavy atom. The van der Waals surface area contributed by atoms with Crippen molar-refractivity contribution >= 4 is 17.9 Å². The number of allylic oxidation sites excluding steroid dienone is 8. The minimum absolute atomic E-state index is 0.182. The molecular formula is C67H124NO8+. The number of hydrogen-bond acceptors (Lipinski definition) is 7. The van der Waals surface area contributed by atoms with Crippen LogP contribution >= 0.6 is 0 Å². The smallest absolute Gasteiger partial charge is 0.361 e.